The van der Waals surface area contributed by atoms with Crippen molar-refractivity contribution >= 4 is 5.69 Å². The van der Waals surface area contributed by atoms with Crippen LogP contribution in [0.25, 0.3) is 0 Å². The lowest BCUT2D eigenvalue weighted by atomic mass is 10.1. The molecule has 0 saturated carbocycles. The lowest BCUT2D eigenvalue weighted by Gasteiger charge is -2.22. The molecule has 2 rings (SSSR count). The lowest BCUT2D eigenvalue weighted by molar-refractivity contribution is 0.0394. The molecule has 5 heteroatoms. The number of aryl methyl sites for hydroxylation is 1. The van der Waals surface area contributed by atoms with Gasteiger partial charge in [-0.1, -0.05) is 0 Å². The van der Waals surface area contributed by atoms with E-state index in [0.29, 0.717) is 6.10 Å². The second-order valence-corrected chi connectivity index (χ2v) is 4.15. The van der Waals surface area contributed by atoms with Crippen LogP contribution in [-0.4, -0.2) is 42.1 Å². The van der Waals surface area contributed by atoms with Crippen molar-refractivity contribution in [3.05, 3.63) is 12.4 Å². The van der Waals surface area contributed by atoms with Crippen LogP contribution in [0.3, 0.4) is 0 Å². The average molecular weight is 224 g/mol. The topological polar surface area (TPSA) is 51.1 Å². The number of piperidine rings is 1. The third kappa shape index (κ3) is 3.50. The lowest BCUT2D eigenvalue weighted by Crippen LogP contribution is -2.33. The first-order chi connectivity index (χ1) is 7.84. The molecule has 1 aliphatic rings. The van der Waals surface area contributed by atoms with E-state index < -0.39 is 0 Å². The van der Waals surface area contributed by atoms with Gasteiger partial charge in [0.25, 0.3) is 0 Å². The van der Waals surface area contributed by atoms with Crippen LogP contribution < -0.4 is 10.6 Å². The monoisotopic (exact) mass is 224 g/mol. The molecule has 0 amide bonds. The van der Waals surface area contributed by atoms with E-state index in [1.165, 1.54) is 0 Å². The quantitative estimate of drug-likeness (QED) is 0.719. The summed E-state index contributed by atoms with van der Waals surface area (Å²) in [7, 11) is 1.91. The molecule has 1 saturated heterocycles. The number of aromatic nitrogens is 2. The molecule has 0 bridgehead atoms. The van der Waals surface area contributed by atoms with Crippen molar-refractivity contribution in [2.24, 2.45) is 7.05 Å². The minimum Gasteiger partial charge on any atom is -0.380 e. The summed E-state index contributed by atoms with van der Waals surface area (Å²) in [5.41, 5.74) is 1.05. The summed E-state index contributed by atoms with van der Waals surface area (Å²) in [5, 5.41) is 10.7. The molecule has 1 aliphatic heterocycles. The highest BCUT2D eigenvalue weighted by atomic mass is 16.5. The summed E-state index contributed by atoms with van der Waals surface area (Å²) in [4.78, 5) is 0. The molecule has 0 spiro atoms. The van der Waals surface area contributed by atoms with Crippen molar-refractivity contribution < 1.29 is 4.74 Å². The van der Waals surface area contributed by atoms with Crippen LogP contribution in [0.15, 0.2) is 12.4 Å². The Morgan fingerprint density at radius 3 is 3.06 bits per heavy atom. The number of hydrogen-bond donors (Lipinski definition) is 2. The van der Waals surface area contributed by atoms with Crippen molar-refractivity contribution in [3.63, 3.8) is 0 Å². The molecule has 1 fully saturated rings. The smallest absolute Gasteiger partial charge is 0.0727 e. The number of nitrogens with one attached hydrogen (secondary N) is 2. The van der Waals surface area contributed by atoms with Gasteiger partial charge in [0.1, 0.15) is 0 Å². The maximum Gasteiger partial charge on any atom is 0.0727 e. The number of nitrogens with zero attached hydrogens (tertiary/aromatic N) is 2. The standard InChI is InChI=1S/C11H20N4O/c1-15-9-10(8-14-15)13-6-7-16-11-2-4-12-5-3-11/h8-9,11-13H,2-7H2,1H3. The number of ether oxygens (including phenoxy) is 1. The first-order valence-electron chi connectivity index (χ1n) is 5.89. The molecule has 5 nitrogen and oxygen atoms in total. The van der Waals surface area contributed by atoms with Crippen LogP contribution in [0, 0.1) is 0 Å². The van der Waals surface area contributed by atoms with Gasteiger partial charge in [-0.3, -0.25) is 4.68 Å². The Morgan fingerprint density at radius 2 is 2.38 bits per heavy atom. The first-order valence-corrected chi connectivity index (χ1v) is 5.89. The fraction of sp³-hybridized carbons (Fsp3) is 0.727. The molecule has 0 aliphatic carbocycles. The molecule has 2 heterocycles. The van der Waals surface area contributed by atoms with Crippen LogP contribution in [0.1, 0.15) is 12.8 Å². The second-order valence-electron chi connectivity index (χ2n) is 4.15. The van der Waals surface area contributed by atoms with Gasteiger partial charge in [-0.2, -0.15) is 5.10 Å². The van der Waals surface area contributed by atoms with Gasteiger partial charge in [-0.05, 0) is 25.9 Å². The van der Waals surface area contributed by atoms with Crippen molar-refractivity contribution in [1.82, 2.24) is 15.1 Å². The summed E-state index contributed by atoms with van der Waals surface area (Å²) in [6.07, 6.45) is 6.49. The van der Waals surface area contributed by atoms with Crippen molar-refractivity contribution in [1.29, 1.82) is 0 Å². The Kier molecular flexibility index (Phi) is 4.18. The zero-order valence-electron chi connectivity index (χ0n) is 9.78. The Bertz CT molecular complexity index is 307. The summed E-state index contributed by atoms with van der Waals surface area (Å²) in [6.45, 7) is 3.77. The van der Waals surface area contributed by atoms with Crippen LogP contribution in [-0.2, 0) is 11.8 Å². The Labute approximate surface area is 96.2 Å². The maximum atomic E-state index is 5.78. The molecule has 2 N–H and O–H groups in total. The third-order valence-corrected chi connectivity index (χ3v) is 2.78. The highest BCUT2D eigenvalue weighted by Crippen LogP contribution is 2.07. The van der Waals surface area contributed by atoms with Gasteiger partial charge in [0, 0.05) is 19.8 Å². The van der Waals surface area contributed by atoms with Gasteiger partial charge >= 0.3 is 0 Å². The van der Waals surface area contributed by atoms with Gasteiger partial charge < -0.3 is 15.4 Å². The molecular weight excluding hydrogens is 204 g/mol. The average Bonchev–Trinajstić information content (AvgIpc) is 2.72. The molecule has 0 aromatic carbocycles. The van der Waals surface area contributed by atoms with E-state index in [9.17, 15) is 0 Å². The Balaban J connectivity index is 1.57. The van der Waals surface area contributed by atoms with Crippen molar-refractivity contribution in [3.8, 4) is 0 Å². The van der Waals surface area contributed by atoms with Crippen molar-refractivity contribution in [2.45, 2.75) is 18.9 Å². The van der Waals surface area contributed by atoms with E-state index in [-0.39, 0.29) is 0 Å². The molecule has 0 atom stereocenters. The zero-order chi connectivity index (χ0) is 11.2. The Hall–Kier alpha value is -1.07. The fourth-order valence-corrected chi connectivity index (χ4v) is 1.90. The van der Waals surface area contributed by atoms with Crippen molar-refractivity contribution in [2.75, 3.05) is 31.6 Å². The second kappa shape index (κ2) is 5.86. The van der Waals surface area contributed by atoms with Crippen LogP contribution in [0.2, 0.25) is 0 Å². The molecular formula is C11H20N4O. The van der Waals surface area contributed by atoms with Gasteiger partial charge in [-0.15, -0.1) is 0 Å². The SMILES string of the molecule is Cn1cc(NCCOC2CCNCC2)cn1. The molecule has 90 valence electrons. The third-order valence-electron chi connectivity index (χ3n) is 2.78. The summed E-state index contributed by atoms with van der Waals surface area (Å²) in [6, 6.07) is 0. The predicted octanol–water partition coefficient (Wildman–Crippen LogP) is 0.601. The maximum absolute atomic E-state index is 5.78. The summed E-state index contributed by atoms with van der Waals surface area (Å²) >= 11 is 0. The number of hydrogen-bond acceptors (Lipinski definition) is 4. The zero-order valence-corrected chi connectivity index (χ0v) is 9.78. The largest absolute Gasteiger partial charge is 0.380 e. The molecule has 16 heavy (non-hydrogen) atoms. The van der Waals surface area contributed by atoms with E-state index in [1.54, 1.807) is 4.68 Å². The van der Waals surface area contributed by atoms with Gasteiger partial charge in [0.2, 0.25) is 0 Å². The van der Waals surface area contributed by atoms with Gasteiger partial charge in [-0.25, -0.2) is 0 Å². The summed E-state index contributed by atoms with van der Waals surface area (Å²) < 4.78 is 7.57. The van der Waals surface area contributed by atoms with E-state index in [4.69, 9.17) is 4.74 Å². The molecule has 0 radical (unpaired) electrons. The minimum atomic E-state index is 0.442. The fourth-order valence-electron chi connectivity index (χ4n) is 1.90. The molecule has 1 aromatic heterocycles. The van der Waals surface area contributed by atoms with Crippen LogP contribution >= 0.6 is 0 Å². The number of anilines is 1. The number of rotatable bonds is 5. The van der Waals surface area contributed by atoms with Gasteiger partial charge in [0.05, 0.1) is 24.6 Å². The van der Waals surface area contributed by atoms with Crippen LogP contribution in [0.4, 0.5) is 5.69 Å². The molecule has 0 unspecified atom stereocenters. The highest BCUT2D eigenvalue weighted by molar-refractivity contribution is 5.37. The first kappa shape index (κ1) is 11.4. The minimum absolute atomic E-state index is 0.442. The van der Waals surface area contributed by atoms with E-state index in [2.05, 4.69) is 15.7 Å². The van der Waals surface area contributed by atoms with E-state index in [0.717, 1.165) is 44.8 Å². The normalized spacial score (nSPS) is 17.6. The van der Waals surface area contributed by atoms with E-state index >= 15 is 0 Å². The van der Waals surface area contributed by atoms with E-state index in [1.807, 2.05) is 19.4 Å². The predicted molar refractivity (Wildman–Crippen MR) is 63.5 cm³/mol. The van der Waals surface area contributed by atoms with Gasteiger partial charge in [0.15, 0.2) is 0 Å². The molecule has 1 aromatic rings. The summed E-state index contributed by atoms with van der Waals surface area (Å²) in [5.74, 6) is 0. The Morgan fingerprint density at radius 1 is 1.56 bits per heavy atom. The van der Waals surface area contributed by atoms with Crippen LogP contribution in [0.5, 0.6) is 0 Å². The highest BCUT2D eigenvalue weighted by Gasteiger charge is 2.12.